The van der Waals surface area contributed by atoms with Crippen LogP contribution in [0.1, 0.15) is 15.3 Å². The monoisotopic (exact) mass is 366 g/mol. The molecule has 0 saturated carbocycles. The Hall–Kier alpha value is -1.90. The minimum atomic E-state index is -3.50. The third-order valence-electron chi connectivity index (χ3n) is 3.26. The van der Waals surface area contributed by atoms with Gasteiger partial charge in [0.2, 0.25) is 10.0 Å². The molecule has 8 heteroatoms. The van der Waals surface area contributed by atoms with E-state index in [0.717, 1.165) is 21.0 Å². The number of guanidine groups is 1. The molecule has 0 spiro atoms. The van der Waals surface area contributed by atoms with Gasteiger partial charge in [-0.25, -0.2) is 13.1 Å². The second-order valence-electron chi connectivity index (χ2n) is 5.44. The number of hydrogen-bond acceptors (Lipinski definition) is 4. The summed E-state index contributed by atoms with van der Waals surface area (Å²) < 4.78 is 27.0. The van der Waals surface area contributed by atoms with E-state index in [1.807, 2.05) is 38.1 Å². The molecule has 2 rings (SSSR count). The number of aryl methyl sites for hydroxylation is 3. The van der Waals surface area contributed by atoms with Crippen LogP contribution in [0.3, 0.4) is 0 Å². The third kappa shape index (κ3) is 5.05. The maximum absolute atomic E-state index is 12.2. The zero-order valence-corrected chi connectivity index (χ0v) is 15.6. The van der Waals surface area contributed by atoms with Gasteiger partial charge in [-0.15, -0.1) is 11.3 Å². The van der Waals surface area contributed by atoms with Crippen molar-refractivity contribution in [2.45, 2.75) is 25.7 Å². The molecule has 0 aliphatic carbocycles. The van der Waals surface area contributed by atoms with Crippen LogP contribution in [0.4, 0.5) is 5.69 Å². The second-order valence-corrected chi connectivity index (χ2v) is 8.63. The van der Waals surface area contributed by atoms with E-state index >= 15 is 0 Å². The highest BCUT2D eigenvalue weighted by Gasteiger charge is 2.18. The van der Waals surface area contributed by atoms with Crippen molar-refractivity contribution in [2.24, 2.45) is 10.7 Å². The summed E-state index contributed by atoms with van der Waals surface area (Å²) in [7, 11) is -3.50. The molecule has 0 bridgehead atoms. The molecule has 0 atom stereocenters. The molecule has 0 unspecified atom stereocenters. The highest BCUT2D eigenvalue weighted by molar-refractivity contribution is 7.89. The minimum Gasteiger partial charge on any atom is -0.370 e. The van der Waals surface area contributed by atoms with Crippen LogP contribution < -0.4 is 15.8 Å². The standard InChI is InChI=1S/C16H22N4O2S2/c1-11-5-4-6-14(9-11)20-16(17)18-7-8-19-24(21,22)15-10-12(2)23-13(15)3/h4-6,9-10,19H,7-8H2,1-3H3,(H3,17,18,20). The summed E-state index contributed by atoms with van der Waals surface area (Å²) in [6, 6.07) is 9.43. The Kier molecular flexibility index (Phi) is 5.98. The lowest BCUT2D eigenvalue weighted by Gasteiger charge is -2.07. The van der Waals surface area contributed by atoms with Crippen LogP contribution in [0.2, 0.25) is 0 Å². The Bertz CT molecular complexity index is 842. The Morgan fingerprint density at radius 1 is 1.25 bits per heavy atom. The SMILES string of the molecule is Cc1cccc(NC(N)=NCCNS(=O)(=O)c2cc(C)sc2C)c1. The molecule has 1 aromatic carbocycles. The van der Waals surface area contributed by atoms with Crippen LogP contribution in [0.5, 0.6) is 0 Å². The molecule has 0 saturated heterocycles. The van der Waals surface area contributed by atoms with Crippen molar-refractivity contribution in [3.05, 3.63) is 45.6 Å². The molecule has 2 aromatic rings. The molecule has 0 radical (unpaired) electrons. The van der Waals surface area contributed by atoms with E-state index in [9.17, 15) is 8.42 Å². The van der Waals surface area contributed by atoms with Gasteiger partial charge in [-0.05, 0) is 44.5 Å². The molecular formula is C16H22N4O2S2. The van der Waals surface area contributed by atoms with Crippen molar-refractivity contribution >= 4 is 33.0 Å². The van der Waals surface area contributed by atoms with Gasteiger partial charge in [-0.2, -0.15) is 0 Å². The number of aliphatic imine (C=N–C) groups is 1. The Labute approximate surface area is 146 Å². The number of rotatable bonds is 6. The zero-order valence-electron chi connectivity index (χ0n) is 14.0. The van der Waals surface area contributed by atoms with Crippen LogP contribution in [-0.4, -0.2) is 27.5 Å². The summed E-state index contributed by atoms with van der Waals surface area (Å²) in [6.45, 7) is 6.12. The van der Waals surface area contributed by atoms with Crippen molar-refractivity contribution in [2.75, 3.05) is 18.4 Å². The summed E-state index contributed by atoms with van der Waals surface area (Å²) in [6.07, 6.45) is 0. The maximum atomic E-state index is 12.2. The average Bonchev–Trinajstić information content (AvgIpc) is 2.83. The number of benzene rings is 1. The van der Waals surface area contributed by atoms with E-state index < -0.39 is 10.0 Å². The van der Waals surface area contributed by atoms with Crippen LogP contribution in [0.25, 0.3) is 0 Å². The predicted octanol–water partition coefficient (Wildman–Crippen LogP) is 2.38. The fourth-order valence-electron chi connectivity index (χ4n) is 2.22. The fraction of sp³-hybridized carbons (Fsp3) is 0.312. The second kappa shape index (κ2) is 7.78. The lowest BCUT2D eigenvalue weighted by atomic mass is 10.2. The van der Waals surface area contributed by atoms with Gasteiger partial charge in [0.15, 0.2) is 5.96 Å². The van der Waals surface area contributed by atoms with Gasteiger partial charge in [0.1, 0.15) is 0 Å². The van der Waals surface area contributed by atoms with Crippen LogP contribution in [0.15, 0.2) is 40.2 Å². The Balaban J connectivity index is 1.88. The molecule has 1 heterocycles. The quantitative estimate of drug-likeness (QED) is 0.415. The van der Waals surface area contributed by atoms with E-state index in [1.54, 1.807) is 13.0 Å². The van der Waals surface area contributed by atoms with Crippen LogP contribution in [-0.2, 0) is 10.0 Å². The molecule has 0 aliphatic rings. The van der Waals surface area contributed by atoms with Gasteiger partial charge in [-0.1, -0.05) is 12.1 Å². The number of nitrogens with zero attached hydrogens (tertiary/aromatic N) is 1. The summed E-state index contributed by atoms with van der Waals surface area (Å²) in [4.78, 5) is 6.22. The van der Waals surface area contributed by atoms with Gasteiger partial charge >= 0.3 is 0 Å². The summed E-state index contributed by atoms with van der Waals surface area (Å²) >= 11 is 1.47. The predicted molar refractivity (Wildman–Crippen MR) is 100 cm³/mol. The molecule has 6 nitrogen and oxygen atoms in total. The highest BCUT2D eigenvalue weighted by atomic mass is 32.2. The average molecular weight is 367 g/mol. The van der Waals surface area contributed by atoms with E-state index in [0.29, 0.717) is 4.90 Å². The van der Waals surface area contributed by atoms with Gasteiger partial charge < -0.3 is 11.1 Å². The minimum absolute atomic E-state index is 0.187. The van der Waals surface area contributed by atoms with Gasteiger partial charge in [-0.3, -0.25) is 4.99 Å². The summed E-state index contributed by atoms with van der Waals surface area (Å²) in [5.74, 6) is 0.252. The lowest BCUT2D eigenvalue weighted by molar-refractivity contribution is 0.582. The van der Waals surface area contributed by atoms with Crippen molar-refractivity contribution in [1.29, 1.82) is 0 Å². The smallest absolute Gasteiger partial charge is 0.241 e. The summed E-state index contributed by atoms with van der Waals surface area (Å²) in [5.41, 5.74) is 7.77. The molecule has 130 valence electrons. The van der Waals surface area contributed by atoms with E-state index in [-0.39, 0.29) is 19.0 Å². The van der Waals surface area contributed by atoms with E-state index in [1.165, 1.54) is 11.3 Å². The van der Waals surface area contributed by atoms with Crippen molar-refractivity contribution in [3.8, 4) is 0 Å². The lowest BCUT2D eigenvalue weighted by Crippen LogP contribution is -2.28. The number of anilines is 1. The molecule has 4 N–H and O–H groups in total. The molecule has 24 heavy (non-hydrogen) atoms. The normalized spacial score (nSPS) is 12.4. The number of nitrogens with two attached hydrogens (primary N) is 1. The first-order chi connectivity index (χ1) is 11.3. The molecule has 0 fully saturated rings. The fourth-order valence-corrected chi connectivity index (χ4v) is 4.79. The Morgan fingerprint density at radius 2 is 2.00 bits per heavy atom. The highest BCUT2D eigenvalue weighted by Crippen LogP contribution is 2.24. The first-order valence-corrected chi connectivity index (χ1v) is 9.78. The molecular weight excluding hydrogens is 344 g/mol. The Morgan fingerprint density at radius 3 is 2.62 bits per heavy atom. The van der Waals surface area contributed by atoms with E-state index in [2.05, 4.69) is 15.0 Å². The number of hydrogen-bond donors (Lipinski definition) is 3. The zero-order chi connectivity index (χ0) is 17.7. The molecule has 0 amide bonds. The topological polar surface area (TPSA) is 96.6 Å². The maximum Gasteiger partial charge on any atom is 0.241 e. The number of thiophene rings is 1. The molecule has 1 aromatic heterocycles. The van der Waals surface area contributed by atoms with Crippen molar-refractivity contribution in [3.63, 3.8) is 0 Å². The molecule has 0 aliphatic heterocycles. The van der Waals surface area contributed by atoms with Gasteiger partial charge in [0, 0.05) is 22.0 Å². The first kappa shape index (κ1) is 18.4. The van der Waals surface area contributed by atoms with Crippen LogP contribution in [0, 0.1) is 20.8 Å². The number of sulfonamides is 1. The van der Waals surface area contributed by atoms with Crippen molar-refractivity contribution in [1.82, 2.24) is 4.72 Å². The van der Waals surface area contributed by atoms with Crippen molar-refractivity contribution < 1.29 is 8.42 Å². The van der Waals surface area contributed by atoms with Gasteiger partial charge in [0.05, 0.1) is 11.4 Å². The van der Waals surface area contributed by atoms with E-state index in [4.69, 9.17) is 5.73 Å². The largest absolute Gasteiger partial charge is 0.370 e. The van der Waals surface area contributed by atoms with Gasteiger partial charge in [0.25, 0.3) is 0 Å². The van der Waals surface area contributed by atoms with Crippen LogP contribution >= 0.6 is 11.3 Å². The summed E-state index contributed by atoms with van der Waals surface area (Å²) in [5, 5.41) is 2.98. The third-order valence-corrected chi connectivity index (χ3v) is 5.94. The number of nitrogens with one attached hydrogen (secondary N) is 2. The first-order valence-electron chi connectivity index (χ1n) is 7.48.